The van der Waals surface area contributed by atoms with Gasteiger partial charge in [-0.25, -0.2) is 5.48 Å². The Balaban J connectivity index is 2.02. The molecule has 2 rings (SSSR count). The molecule has 35 heavy (non-hydrogen) atoms. The van der Waals surface area contributed by atoms with Crippen molar-refractivity contribution in [1.29, 1.82) is 0 Å². The number of Topliss-reactive ketones (excluding diaryl/α,β-unsaturated/α-hetero) is 1. The third-order valence-electron chi connectivity index (χ3n) is 5.48. The summed E-state index contributed by atoms with van der Waals surface area (Å²) >= 11 is 0. The van der Waals surface area contributed by atoms with Crippen molar-refractivity contribution >= 4 is 17.6 Å². The van der Waals surface area contributed by atoms with Crippen LogP contribution in [0.15, 0.2) is 36.4 Å². The molecule has 2 aromatic rings. The predicted octanol–water partition coefficient (Wildman–Crippen LogP) is 2.55. The van der Waals surface area contributed by atoms with E-state index in [-0.39, 0.29) is 18.7 Å². The first kappa shape index (κ1) is 27.5. The number of hydrogen-bond acceptors (Lipinski definition) is 8. The average molecular weight is 489 g/mol. The lowest BCUT2D eigenvalue weighted by molar-refractivity contribution is -0.134. The van der Waals surface area contributed by atoms with Gasteiger partial charge in [0, 0.05) is 17.9 Å². The molecule has 0 saturated carbocycles. The average Bonchev–Trinajstić information content (AvgIpc) is 2.89. The summed E-state index contributed by atoms with van der Waals surface area (Å²) in [7, 11) is 6.08. The lowest BCUT2D eigenvalue weighted by Crippen LogP contribution is -2.37. The maximum Gasteiger partial charge on any atom is 0.244 e. The SMILES string of the molecule is COc1cccc(C(=O)CNC(=O)[C@H](CCCc2cc(OC)c(OC)c(OC)c2)CC(=O)NO)c1. The maximum absolute atomic E-state index is 12.8. The van der Waals surface area contributed by atoms with Crippen molar-refractivity contribution in [2.75, 3.05) is 35.0 Å². The molecule has 0 spiro atoms. The van der Waals surface area contributed by atoms with Gasteiger partial charge in [0.2, 0.25) is 17.6 Å². The summed E-state index contributed by atoms with van der Waals surface area (Å²) in [5, 5.41) is 11.5. The van der Waals surface area contributed by atoms with Gasteiger partial charge in [0.05, 0.1) is 35.0 Å². The lowest BCUT2D eigenvalue weighted by atomic mass is 9.95. The fourth-order valence-corrected chi connectivity index (χ4v) is 3.64. The van der Waals surface area contributed by atoms with E-state index >= 15 is 0 Å². The number of carbonyl (C=O) groups excluding carboxylic acids is 3. The van der Waals surface area contributed by atoms with Crippen LogP contribution in [-0.4, -0.2) is 57.8 Å². The first-order valence-electron chi connectivity index (χ1n) is 11.0. The highest BCUT2D eigenvalue weighted by Crippen LogP contribution is 2.38. The second kappa shape index (κ2) is 13.8. The fraction of sp³-hybridized carbons (Fsp3) is 0.400. The molecule has 2 amide bonds. The zero-order valence-corrected chi connectivity index (χ0v) is 20.4. The van der Waals surface area contributed by atoms with Gasteiger partial charge in [0.25, 0.3) is 0 Å². The highest BCUT2D eigenvalue weighted by Gasteiger charge is 2.23. The number of hydroxylamine groups is 1. The number of aryl methyl sites for hydroxylation is 1. The van der Waals surface area contributed by atoms with Crippen LogP contribution >= 0.6 is 0 Å². The molecule has 1 atom stereocenters. The number of hydrogen-bond donors (Lipinski definition) is 3. The summed E-state index contributed by atoms with van der Waals surface area (Å²) in [5.74, 6) is -0.101. The lowest BCUT2D eigenvalue weighted by Gasteiger charge is -2.17. The van der Waals surface area contributed by atoms with Gasteiger partial charge < -0.3 is 24.3 Å². The Morgan fingerprint density at radius 1 is 0.943 bits per heavy atom. The second-order valence-corrected chi connectivity index (χ2v) is 7.73. The van der Waals surface area contributed by atoms with E-state index < -0.39 is 17.7 Å². The molecule has 10 nitrogen and oxygen atoms in total. The van der Waals surface area contributed by atoms with E-state index in [4.69, 9.17) is 24.2 Å². The molecule has 2 aromatic carbocycles. The van der Waals surface area contributed by atoms with E-state index in [0.29, 0.717) is 47.8 Å². The summed E-state index contributed by atoms with van der Waals surface area (Å²) in [4.78, 5) is 37.0. The number of rotatable bonds is 14. The highest BCUT2D eigenvalue weighted by atomic mass is 16.5. The molecule has 0 aliphatic carbocycles. The highest BCUT2D eigenvalue weighted by molar-refractivity contribution is 6.00. The molecular formula is C25H32N2O8. The van der Waals surface area contributed by atoms with Crippen molar-refractivity contribution in [2.45, 2.75) is 25.7 Å². The molecule has 0 radical (unpaired) electrons. The second-order valence-electron chi connectivity index (χ2n) is 7.73. The molecule has 0 unspecified atom stereocenters. The zero-order valence-electron chi connectivity index (χ0n) is 20.4. The quantitative estimate of drug-likeness (QED) is 0.210. The molecule has 10 heteroatoms. The standard InChI is InChI=1S/C25H32N2O8/c1-32-19-10-6-8-17(13-19)20(28)15-26-25(30)18(14-23(29)27-31)9-5-7-16-11-21(33-2)24(35-4)22(12-16)34-3/h6,8,10-13,18,31H,5,7,9,14-15H2,1-4H3,(H,26,30)(H,27,29)/t18-/m1/s1. The minimum absolute atomic E-state index is 0.217. The molecule has 190 valence electrons. The largest absolute Gasteiger partial charge is 0.497 e. The molecular weight excluding hydrogens is 456 g/mol. The van der Waals surface area contributed by atoms with Crippen LogP contribution in [0.3, 0.4) is 0 Å². The van der Waals surface area contributed by atoms with E-state index in [1.165, 1.54) is 28.4 Å². The molecule has 0 bridgehead atoms. The number of carbonyl (C=O) groups is 3. The molecule has 0 aliphatic rings. The van der Waals surface area contributed by atoms with E-state index in [0.717, 1.165) is 5.56 Å². The predicted molar refractivity (Wildman–Crippen MR) is 127 cm³/mol. The van der Waals surface area contributed by atoms with Crippen LogP contribution in [0.2, 0.25) is 0 Å². The Morgan fingerprint density at radius 2 is 1.63 bits per heavy atom. The van der Waals surface area contributed by atoms with E-state index in [2.05, 4.69) is 5.32 Å². The van der Waals surface area contributed by atoms with Crippen LogP contribution in [0, 0.1) is 5.92 Å². The number of methoxy groups -OCH3 is 4. The van der Waals surface area contributed by atoms with Crippen molar-refractivity contribution in [3.05, 3.63) is 47.5 Å². The van der Waals surface area contributed by atoms with Gasteiger partial charge in [-0.1, -0.05) is 12.1 Å². The minimum atomic E-state index is -0.734. The zero-order chi connectivity index (χ0) is 25.8. The van der Waals surface area contributed by atoms with Crippen LogP contribution in [0.25, 0.3) is 0 Å². The van der Waals surface area contributed by atoms with Gasteiger partial charge in [-0.3, -0.25) is 19.6 Å². The minimum Gasteiger partial charge on any atom is -0.497 e. The first-order chi connectivity index (χ1) is 16.9. The Kier molecular flexibility index (Phi) is 10.8. The summed E-state index contributed by atoms with van der Waals surface area (Å²) in [6.45, 7) is -0.226. The maximum atomic E-state index is 12.8. The number of ether oxygens (including phenoxy) is 4. The van der Waals surface area contributed by atoms with Crippen LogP contribution in [0.4, 0.5) is 0 Å². The summed E-state index contributed by atoms with van der Waals surface area (Å²) in [5.41, 5.74) is 2.86. The monoisotopic (exact) mass is 488 g/mol. The van der Waals surface area contributed by atoms with Crippen molar-refractivity contribution in [3.63, 3.8) is 0 Å². The van der Waals surface area contributed by atoms with Crippen LogP contribution < -0.4 is 29.7 Å². The van der Waals surface area contributed by atoms with Crippen molar-refractivity contribution in [2.24, 2.45) is 5.92 Å². The van der Waals surface area contributed by atoms with Crippen LogP contribution in [0.1, 0.15) is 35.2 Å². The van der Waals surface area contributed by atoms with Gasteiger partial charge in [-0.15, -0.1) is 0 Å². The molecule has 0 heterocycles. The number of nitrogens with one attached hydrogen (secondary N) is 2. The topological polar surface area (TPSA) is 132 Å². The Hall–Kier alpha value is -3.79. The van der Waals surface area contributed by atoms with Gasteiger partial charge in [0.15, 0.2) is 17.3 Å². The third-order valence-corrected chi connectivity index (χ3v) is 5.48. The van der Waals surface area contributed by atoms with E-state index in [1.807, 2.05) is 12.1 Å². The van der Waals surface area contributed by atoms with E-state index in [1.54, 1.807) is 29.7 Å². The van der Waals surface area contributed by atoms with Gasteiger partial charge in [-0.2, -0.15) is 0 Å². The molecule has 0 aromatic heterocycles. The van der Waals surface area contributed by atoms with Crippen molar-refractivity contribution < 1.29 is 38.5 Å². The summed E-state index contributed by atoms with van der Waals surface area (Å²) in [6.07, 6.45) is 1.26. The number of amides is 2. The van der Waals surface area contributed by atoms with Gasteiger partial charge in [0.1, 0.15) is 5.75 Å². The normalized spacial score (nSPS) is 11.2. The Morgan fingerprint density at radius 3 is 2.20 bits per heavy atom. The molecule has 0 saturated heterocycles. The molecule has 3 N–H and O–H groups in total. The van der Waals surface area contributed by atoms with E-state index in [9.17, 15) is 14.4 Å². The number of benzene rings is 2. The third kappa shape index (κ3) is 7.89. The fourth-order valence-electron chi connectivity index (χ4n) is 3.64. The van der Waals surface area contributed by atoms with Crippen molar-refractivity contribution in [3.8, 4) is 23.0 Å². The van der Waals surface area contributed by atoms with Crippen molar-refractivity contribution in [1.82, 2.24) is 10.8 Å². The van der Waals surface area contributed by atoms with Gasteiger partial charge in [-0.05, 0) is 49.1 Å². The summed E-state index contributed by atoms with van der Waals surface area (Å²) in [6, 6.07) is 10.3. The Labute approximate surface area is 204 Å². The Bertz CT molecular complexity index is 999. The summed E-state index contributed by atoms with van der Waals surface area (Å²) < 4.78 is 21.2. The van der Waals surface area contributed by atoms with Gasteiger partial charge >= 0.3 is 0 Å². The van der Waals surface area contributed by atoms with Crippen LogP contribution in [-0.2, 0) is 16.0 Å². The molecule has 0 aliphatic heterocycles. The first-order valence-corrected chi connectivity index (χ1v) is 11.0. The molecule has 0 fully saturated rings. The van der Waals surface area contributed by atoms with Crippen LogP contribution in [0.5, 0.6) is 23.0 Å². The number of ketones is 1. The smallest absolute Gasteiger partial charge is 0.244 e.